The largest absolute Gasteiger partial charge is 0.383 e. The lowest BCUT2D eigenvalue weighted by molar-refractivity contribution is 0.604. The highest BCUT2D eigenvalue weighted by molar-refractivity contribution is 7.15. The maximum absolute atomic E-state index is 6.06. The molecule has 0 aromatic carbocycles. The van der Waals surface area contributed by atoms with Gasteiger partial charge in [0.25, 0.3) is 0 Å². The van der Waals surface area contributed by atoms with Crippen LogP contribution in [0.5, 0.6) is 0 Å². The Bertz CT molecular complexity index is 623. The van der Waals surface area contributed by atoms with Crippen LogP contribution < -0.4 is 5.73 Å². The normalized spacial score (nSPS) is 14.7. The van der Waals surface area contributed by atoms with Crippen LogP contribution in [0.1, 0.15) is 43.3 Å². The molecule has 2 aromatic rings. The Labute approximate surface area is 117 Å². The van der Waals surface area contributed by atoms with Crippen molar-refractivity contribution in [2.75, 3.05) is 5.73 Å². The lowest BCUT2D eigenvalue weighted by atomic mass is 9.95. The third-order valence-electron chi connectivity index (χ3n) is 3.53. The zero-order valence-corrected chi connectivity index (χ0v) is 12.5. The highest BCUT2D eigenvalue weighted by atomic mass is 32.1. The summed E-state index contributed by atoms with van der Waals surface area (Å²) in [5.41, 5.74) is 8.54. The maximum Gasteiger partial charge on any atom is 0.171 e. The van der Waals surface area contributed by atoms with Crippen molar-refractivity contribution in [2.24, 2.45) is 0 Å². The summed E-state index contributed by atoms with van der Waals surface area (Å²) in [4.78, 5) is 11.7. The van der Waals surface area contributed by atoms with E-state index in [4.69, 9.17) is 10.7 Å². The number of hydrogen-bond donors (Lipinski definition) is 1. The standard InChI is InChI=1S/C15H19N3S/c1-15(2,3)12-8-7-11(19-12)14-17-10-6-4-5-9(10)13(16)18-14/h7-8H,4-6H2,1-3H3,(H2,16,17,18). The minimum absolute atomic E-state index is 0.172. The molecule has 0 saturated heterocycles. The Kier molecular flexibility index (Phi) is 2.86. The maximum atomic E-state index is 6.06. The van der Waals surface area contributed by atoms with Gasteiger partial charge in [0.05, 0.1) is 4.88 Å². The third kappa shape index (κ3) is 2.25. The summed E-state index contributed by atoms with van der Waals surface area (Å²) in [6.07, 6.45) is 3.21. The molecular weight excluding hydrogens is 254 g/mol. The molecule has 0 spiro atoms. The lowest BCUT2D eigenvalue weighted by Gasteiger charge is -2.15. The van der Waals surface area contributed by atoms with Crippen molar-refractivity contribution >= 4 is 17.2 Å². The zero-order chi connectivity index (χ0) is 13.6. The smallest absolute Gasteiger partial charge is 0.171 e. The van der Waals surface area contributed by atoms with Crippen LogP contribution in [0.2, 0.25) is 0 Å². The number of fused-ring (bicyclic) bond motifs is 1. The minimum atomic E-state index is 0.172. The number of nitrogens with two attached hydrogens (primary N) is 1. The Morgan fingerprint density at radius 2 is 1.95 bits per heavy atom. The van der Waals surface area contributed by atoms with Gasteiger partial charge in [0.15, 0.2) is 5.82 Å². The average Bonchev–Trinajstić information content (AvgIpc) is 2.96. The second-order valence-corrected chi connectivity index (χ2v) is 7.21. The molecule has 19 heavy (non-hydrogen) atoms. The van der Waals surface area contributed by atoms with Crippen molar-refractivity contribution in [2.45, 2.75) is 45.4 Å². The van der Waals surface area contributed by atoms with Crippen molar-refractivity contribution in [3.63, 3.8) is 0 Å². The third-order valence-corrected chi connectivity index (χ3v) is 5.04. The van der Waals surface area contributed by atoms with E-state index in [1.807, 2.05) is 0 Å². The first kappa shape index (κ1) is 12.6. The molecule has 2 aromatic heterocycles. The molecule has 0 bridgehead atoms. The summed E-state index contributed by atoms with van der Waals surface area (Å²) in [6.45, 7) is 6.67. The molecule has 3 nitrogen and oxygen atoms in total. The van der Waals surface area contributed by atoms with Crippen LogP contribution in [-0.4, -0.2) is 9.97 Å². The van der Waals surface area contributed by atoms with Gasteiger partial charge in [0.2, 0.25) is 0 Å². The molecule has 0 saturated carbocycles. The number of nitrogens with zero attached hydrogens (tertiary/aromatic N) is 2. The Morgan fingerprint density at radius 1 is 1.16 bits per heavy atom. The lowest BCUT2D eigenvalue weighted by Crippen LogP contribution is -2.07. The van der Waals surface area contributed by atoms with Crippen molar-refractivity contribution in [1.82, 2.24) is 9.97 Å². The van der Waals surface area contributed by atoms with Gasteiger partial charge in [-0.15, -0.1) is 11.3 Å². The van der Waals surface area contributed by atoms with E-state index in [1.54, 1.807) is 11.3 Å². The summed E-state index contributed by atoms with van der Waals surface area (Å²) in [7, 11) is 0. The number of aryl methyl sites for hydroxylation is 1. The van der Waals surface area contributed by atoms with Crippen molar-refractivity contribution < 1.29 is 0 Å². The van der Waals surface area contributed by atoms with Crippen LogP contribution in [0, 0.1) is 0 Å². The summed E-state index contributed by atoms with van der Waals surface area (Å²) >= 11 is 1.77. The molecule has 3 rings (SSSR count). The number of anilines is 1. The molecule has 0 unspecified atom stereocenters. The van der Waals surface area contributed by atoms with E-state index in [1.165, 1.54) is 4.88 Å². The van der Waals surface area contributed by atoms with Crippen LogP contribution in [0.15, 0.2) is 12.1 Å². The van der Waals surface area contributed by atoms with E-state index in [9.17, 15) is 0 Å². The van der Waals surface area contributed by atoms with Gasteiger partial charge in [0.1, 0.15) is 5.82 Å². The number of rotatable bonds is 1. The first-order valence-electron chi connectivity index (χ1n) is 6.71. The summed E-state index contributed by atoms with van der Waals surface area (Å²) in [6, 6.07) is 4.29. The number of hydrogen-bond acceptors (Lipinski definition) is 4. The zero-order valence-electron chi connectivity index (χ0n) is 11.7. The summed E-state index contributed by atoms with van der Waals surface area (Å²) in [5.74, 6) is 1.46. The molecule has 1 aliphatic rings. The molecule has 0 fully saturated rings. The van der Waals surface area contributed by atoms with E-state index < -0.39 is 0 Å². The number of thiophene rings is 1. The second-order valence-electron chi connectivity index (χ2n) is 6.13. The molecule has 2 heterocycles. The first-order chi connectivity index (χ1) is 8.95. The van der Waals surface area contributed by atoms with Gasteiger partial charge in [0, 0.05) is 16.1 Å². The van der Waals surface area contributed by atoms with Crippen LogP contribution in [0.4, 0.5) is 5.82 Å². The van der Waals surface area contributed by atoms with Gasteiger partial charge in [-0.05, 0) is 36.8 Å². The molecule has 1 aliphatic carbocycles. The minimum Gasteiger partial charge on any atom is -0.383 e. The van der Waals surface area contributed by atoms with Crippen LogP contribution in [-0.2, 0) is 18.3 Å². The van der Waals surface area contributed by atoms with Crippen LogP contribution >= 0.6 is 11.3 Å². The second kappa shape index (κ2) is 4.30. The van der Waals surface area contributed by atoms with Crippen LogP contribution in [0.3, 0.4) is 0 Å². The number of aromatic nitrogens is 2. The molecule has 4 heteroatoms. The van der Waals surface area contributed by atoms with Gasteiger partial charge in [-0.2, -0.15) is 0 Å². The molecule has 0 amide bonds. The van der Waals surface area contributed by atoms with Crippen LogP contribution in [0.25, 0.3) is 10.7 Å². The van der Waals surface area contributed by atoms with E-state index in [-0.39, 0.29) is 5.41 Å². The van der Waals surface area contributed by atoms with E-state index >= 15 is 0 Å². The quantitative estimate of drug-likeness (QED) is 0.864. The van der Waals surface area contributed by atoms with Gasteiger partial charge in [-0.25, -0.2) is 9.97 Å². The van der Waals surface area contributed by atoms with E-state index in [2.05, 4.69) is 37.9 Å². The molecule has 100 valence electrons. The highest BCUT2D eigenvalue weighted by Crippen LogP contribution is 2.35. The molecule has 0 atom stereocenters. The SMILES string of the molecule is CC(C)(C)c1ccc(-c2nc(N)c3c(n2)CCC3)s1. The Hall–Kier alpha value is -1.42. The fourth-order valence-corrected chi connectivity index (χ4v) is 3.43. The van der Waals surface area contributed by atoms with E-state index in [0.717, 1.165) is 41.2 Å². The Morgan fingerprint density at radius 3 is 2.63 bits per heavy atom. The topological polar surface area (TPSA) is 51.8 Å². The van der Waals surface area contributed by atoms with Crippen molar-refractivity contribution in [3.8, 4) is 10.7 Å². The van der Waals surface area contributed by atoms with Gasteiger partial charge in [-0.3, -0.25) is 0 Å². The average molecular weight is 273 g/mol. The van der Waals surface area contributed by atoms with Crippen molar-refractivity contribution in [3.05, 3.63) is 28.3 Å². The van der Waals surface area contributed by atoms with Gasteiger partial charge < -0.3 is 5.73 Å². The molecule has 2 N–H and O–H groups in total. The fraction of sp³-hybridized carbons (Fsp3) is 0.467. The van der Waals surface area contributed by atoms with E-state index in [0.29, 0.717) is 5.82 Å². The fourth-order valence-electron chi connectivity index (χ4n) is 2.43. The summed E-state index contributed by atoms with van der Waals surface area (Å²) in [5, 5.41) is 0. The Balaban J connectivity index is 2.03. The highest BCUT2D eigenvalue weighted by Gasteiger charge is 2.21. The van der Waals surface area contributed by atoms with Crippen molar-refractivity contribution in [1.29, 1.82) is 0 Å². The van der Waals surface area contributed by atoms with Gasteiger partial charge >= 0.3 is 0 Å². The summed E-state index contributed by atoms with van der Waals surface area (Å²) < 4.78 is 0. The predicted molar refractivity (Wildman–Crippen MR) is 80.5 cm³/mol. The molecular formula is C15H19N3S. The monoisotopic (exact) mass is 273 g/mol. The molecule has 0 aliphatic heterocycles. The molecule has 0 radical (unpaired) electrons. The van der Waals surface area contributed by atoms with Gasteiger partial charge in [-0.1, -0.05) is 20.8 Å². The predicted octanol–water partition coefficient (Wildman–Crippen LogP) is 3.57. The number of nitrogen functional groups attached to an aromatic ring is 1. The first-order valence-corrected chi connectivity index (χ1v) is 7.53.